The van der Waals surface area contributed by atoms with E-state index < -0.39 is 4.92 Å². The maximum atomic E-state index is 12.9. The van der Waals surface area contributed by atoms with E-state index in [1.165, 1.54) is 36.0 Å². The van der Waals surface area contributed by atoms with Crippen LogP contribution < -0.4 is 5.56 Å². The molecule has 4 rings (SSSR count). The highest BCUT2D eigenvalue weighted by Crippen LogP contribution is 2.30. The van der Waals surface area contributed by atoms with E-state index in [1.54, 1.807) is 12.1 Å². The molecular weight excluding hydrogens is 364 g/mol. The van der Waals surface area contributed by atoms with Crippen LogP contribution in [0.3, 0.4) is 0 Å². The van der Waals surface area contributed by atoms with E-state index in [0.29, 0.717) is 15.8 Å². The zero-order valence-corrected chi connectivity index (χ0v) is 14.7. The van der Waals surface area contributed by atoms with Crippen LogP contribution in [-0.4, -0.2) is 20.8 Å². The highest BCUT2D eigenvalue weighted by atomic mass is 32.1. The minimum atomic E-state index is -0.478. The average Bonchev–Trinajstić information content (AvgIpc) is 3.13. The summed E-state index contributed by atoms with van der Waals surface area (Å²) < 4.78 is 1.14. The number of rotatable bonds is 4. The molecule has 0 spiro atoms. The molecule has 0 aliphatic heterocycles. The Kier molecular flexibility index (Phi) is 4.31. The first-order valence-corrected chi connectivity index (χ1v) is 8.84. The van der Waals surface area contributed by atoms with Crippen LogP contribution in [0.25, 0.3) is 21.3 Å². The highest BCUT2D eigenvalue weighted by Gasteiger charge is 2.13. The lowest BCUT2D eigenvalue weighted by atomic mass is 10.1. The van der Waals surface area contributed by atoms with E-state index >= 15 is 0 Å². The molecular formula is C19H12N4O3S. The highest BCUT2D eigenvalue weighted by molar-refractivity contribution is 7.17. The fourth-order valence-corrected chi connectivity index (χ4v) is 3.59. The Morgan fingerprint density at radius 2 is 1.96 bits per heavy atom. The molecule has 0 fully saturated rings. The monoisotopic (exact) mass is 376 g/mol. The van der Waals surface area contributed by atoms with Gasteiger partial charge in [0.25, 0.3) is 11.2 Å². The summed E-state index contributed by atoms with van der Waals surface area (Å²) in [6, 6.07) is 15.6. The second-order valence-electron chi connectivity index (χ2n) is 5.69. The van der Waals surface area contributed by atoms with Crippen molar-refractivity contribution in [2.24, 2.45) is 5.10 Å². The van der Waals surface area contributed by atoms with Gasteiger partial charge in [0.15, 0.2) is 0 Å². The van der Waals surface area contributed by atoms with E-state index in [1.807, 2.05) is 35.7 Å². The Labute approximate surface area is 157 Å². The number of hydrogen-bond donors (Lipinski definition) is 0. The topological polar surface area (TPSA) is 90.4 Å². The molecule has 0 aliphatic carbocycles. The standard InChI is InChI=1S/C19H12N4O3S/c24-19-17-16(14-6-2-1-3-7-14)11-27-18(17)20-12-22(19)21-10-13-5-4-8-15(9-13)23(25)26/h1-12H/b21-10-. The molecule has 0 saturated carbocycles. The van der Waals surface area contributed by atoms with Gasteiger partial charge in [-0.05, 0) is 5.56 Å². The molecule has 132 valence electrons. The SMILES string of the molecule is O=c1c2c(-c3ccccc3)csc2ncn1/N=C\c1cccc([N+](=O)[O-])c1. The largest absolute Gasteiger partial charge is 0.283 e. The Bertz CT molecular complexity index is 1230. The molecule has 2 heterocycles. The molecule has 0 atom stereocenters. The molecule has 2 aromatic heterocycles. The molecule has 7 nitrogen and oxygen atoms in total. The Morgan fingerprint density at radius 1 is 1.15 bits per heavy atom. The van der Waals surface area contributed by atoms with Gasteiger partial charge in [0.1, 0.15) is 11.2 Å². The van der Waals surface area contributed by atoms with Crippen molar-refractivity contribution in [2.75, 3.05) is 0 Å². The minimum Gasteiger partial charge on any atom is -0.267 e. The smallest absolute Gasteiger partial charge is 0.267 e. The molecule has 0 amide bonds. The normalized spacial score (nSPS) is 11.3. The molecule has 27 heavy (non-hydrogen) atoms. The predicted molar refractivity (Wildman–Crippen MR) is 105 cm³/mol. The lowest BCUT2D eigenvalue weighted by Gasteiger charge is -2.01. The molecule has 2 aromatic carbocycles. The number of nitro benzene ring substituents is 1. The van der Waals surface area contributed by atoms with Gasteiger partial charge < -0.3 is 0 Å². The Hall–Kier alpha value is -3.65. The van der Waals surface area contributed by atoms with Crippen LogP contribution in [0.15, 0.2) is 76.2 Å². The number of hydrogen-bond acceptors (Lipinski definition) is 6. The first-order chi connectivity index (χ1) is 13.1. The first kappa shape index (κ1) is 16.8. The van der Waals surface area contributed by atoms with Crippen LogP contribution in [0, 0.1) is 10.1 Å². The first-order valence-electron chi connectivity index (χ1n) is 7.96. The molecule has 4 aromatic rings. The number of nitrogens with zero attached hydrogens (tertiary/aromatic N) is 4. The van der Waals surface area contributed by atoms with E-state index in [4.69, 9.17) is 0 Å². The van der Waals surface area contributed by atoms with Crippen LogP contribution in [0.2, 0.25) is 0 Å². The molecule has 8 heteroatoms. The van der Waals surface area contributed by atoms with Gasteiger partial charge in [0.2, 0.25) is 0 Å². The van der Waals surface area contributed by atoms with Crippen molar-refractivity contribution in [1.29, 1.82) is 0 Å². The lowest BCUT2D eigenvalue weighted by molar-refractivity contribution is -0.384. The molecule has 0 bridgehead atoms. The van der Waals surface area contributed by atoms with Crippen LogP contribution in [-0.2, 0) is 0 Å². The van der Waals surface area contributed by atoms with Gasteiger partial charge in [-0.3, -0.25) is 14.9 Å². The Balaban J connectivity index is 1.77. The molecule has 0 saturated heterocycles. The predicted octanol–water partition coefficient (Wildman–Crippen LogP) is 3.92. The zero-order valence-electron chi connectivity index (χ0n) is 13.9. The van der Waals surface area contributed by atoms with Crippen molar-refractivity contribution in [3.63, 3.8) is 0 Å². The summed E-state index contributed by atoms with van der Waals surface area (Å²) in [5.41, 5.74) is 1.94. The second kappa shape index (κ2) is 6.93. The molecule has 0 aliphatic rings. The van der Waals surface area contributed by atoms with Gasteiger partial charge in [0.05, 0.1) is 16.5 Å². The van der Waals surface area contributed by atoms with Gasteiger partial charge >= 0.3 is 0 Å². The van der Waals surface area contributed by atoms with Crippen molar-refractivity contribution in [1.82, 2.24) is 9.66 Å². The average molecular weight is 376 g/mol. The summed E-state index contributed by atoms with van der Waals surface area (Å²) in [7, 11) is 0. The summed E-state index contributed by atoms with van der Waals surface area (Å²) in [6.45, 7) is 0. The maximum absolute atomic E-state index is 12.9. The third-order valence-corrected chi connectivity index (χ3v) is 4.86. The number of thiophene rings is 1. The van der Waals surface area contributed by atoms with Gasteiger partial charge in [-0.2, -0.15) is 9.78 Å². The van der Waals surface area contributed by atoms with E-state index in [-0.39, 0.29) is 11.2 Å². The molecule has 0 radical (unpaired) electrons. The number of non-ortho nitro benzene ring substituents is 1. The third-order valence-electron chi connectivity index (χ3n) is 3.97. The van der Waals surface area contributed by atoms with E-state index in [2.05, 4.69) is 10.1 Å². The van der Waals surface area contributed by atoms with E-state index in [9.17, 15) is 14.9 Å². The number of nitro groups is 1. The quantitative estimate of drug-likeness (QED) is 0.307. The summed E-state index contributed by atoms with van der Waals surface area (Å²) in [6.07, 6.45) is 2.75. The van der Waals surface area contributed by atoms with Crippen LogP contribution in [0.4, 0.5) is 5.69 Å². The van der Waals surface area contributed by atoms with Gasteiger partial charge in [0, 0.05) is 28.6 Å². The molecule has 0 N–H and O–H groups in total. The Morgan fingerprint density at radius 3 is 2.74 bits per heavy atom. The van der Waals surface area contributed by atoms with E-state index in [0.717, 1.165) is 15.8 Å². The summed E-state index contributed by atoms with van der Waals surface area (Å²) in [4.78, 5) is 28.2. The van der Waals surface area contributed by atoms with Gasteiger partial charge in [-0.1, -0.05) is 42.5 Å². The van der Waals surface area contributed by atoms with Gasteiger partial charge in [-0.25, -0.2) is 4.98 Å². The minimum absolute atomic E-state index is 0.0379. The fraction of sp³-hybridized carbons (Fsp3) is 0. The van der Waals surface area contributed by atoms with Crippen molar-refractivity contribution in [2.45, 2.75) is 0 Å². The molecule has 0 unspecified atom stereocenters. The zero-order chi connectivity index (χ0) is 18.8. The third kappa shape index (κ3) is 3.25. The maximum Gasteiger partial charge on any atom is 0.283 e. The lowest BCUT2D eigenvalue weighted by Crippen LogP contribution is -2.16. The number of fused-ring (bicyclic) bond motifs is 1. The summed E-state index contributed by atoms with van der Waals surface area (Å²) >= 11 is 1.40. The van der Waals surface area contributed by atoms with Gasteiger partial charge in [-0.15, -0.1) is 11.3 Å². The number of benzene rings is 2. The second-order valence-corrected chi connectivity index (χ2v) is 6.54. The number of aromatic nitrogens is 2. The fourth-order valence-electron chi connectivity index (χ4n) is 2.68. The van der Waals surface area contributed by atoms with Crippen LogP contribution in [0.5, 0.6) is 0 Å². The van der Waals surface area contributed by atoms with Crippen LogP contribution in [0.1, 0.15) is 5.56 Å². The van der Waals surface area contributed by atoms with Crippen molar-refractivity contribution in [3.05, 3.63) is 92.3 Å². The summed E-state index contributed by atoms with van der Waals surface area (Å²) in [5.74, 6) is 0. The van der Waals surface area contributed by atoms with Crippen LogP contribution >= 0.6 is 11.3 Å². The van der Waals surface area contributed by atoms with Crippen molar-refractivity contribution in [3.8, 4) is 11.1 Å². The summed E-state index contributed by atoms with van der Waals surface area (Å²) in [5, 5.41) is 17.4. The van der Waals surface area contributed by atoms with Crippen molar-refractivity contribution >= 4 is 33.5 Å². The van der Waals surface area contributed by atoms with Crippen molar-refractivity contribution < 1.29 is 4.92 Å².